The molecule has 152 valence electrons. The fourth-order valence-corrected chi connectivity index (χ4v) is 3.53. The number of aliphatic hydroxyl groups is 1. The predicted molar refractivity (Wildman–Crippen MR) is 117 cm³/mol. The molecule has 0 bridgehead atoms. The van der Waals surface area contributed by atoms with Crippen LogP contribution < -0.4 is 5.32 Å². The van der Waals surface area contributed by atoms with Crippen molar-refractivity contribution >= 4 is 34.4 Å². The van der Waals surface area contributed by atoms with Crippen LogP contribution in [0.15, 0.2) is 48.8 Å². The highest BCUT2D eigenvalue weighted by Crippen LogP contribution is 2.37. The van der Waals surface area contributed by atoms with Crippen LogP contribution >= 0.6 is 11.6 Å². The zero-order valence-electron chi connectivity index (χ0n) is 16.3. The minimum absolute atomic E-state index is 0.118. The number of hydrogen-bond donors (Lipinski definition) is 3. The number of carbonyl (C=O) groups is 1. The molecular formula is C22H20ClN5O2. The summed E-state index contributed by atoms with van der Waals surface area (Å²) in [5.41, 5.74) is 5.67. The van der Waals surface area contributed by atoms with E-state index in [1.165, 1.54) is 6.92 Å². The standard InChI is InChI=1S/C22H20ClN5O2/c1-13(30)26-19-10-14(7-8-24-19)21-20(22-18(28-21)11-15(23)12-25-22)17-6-2-4-16(27-17)5-3-9-29/h2,4,6-8,10-12,28-29H,3,5,9H2,1H3,(H,24,26,30). The number of aromatic amines is 1. The Labute approximate surface area is 178 Å². The number of pyridine rings is 3. The number of anilines is 1. The average Bonchev–Trinajstić information content (AvgIpc) is 3.11. The van der Waals surface area contributed by atoms with Crippen molar-refractivity contribution in [3.63, 3.8) is 0 Å². The lowest BCUT2D eigenvalue weighted by Crippen LogP contribution is -2.07. The fraction of sp³-hybridized carbons (Fsp3) is 0.182. The number of halogens is 1. The molecule has 4 heterocycles. The maximum absolute atomic E-state index is 11.4. The fourth-order valence-electron chi connectivity index (χ4n) is 3.37. The molecule has 0 fully saturated rings. The largest absolute Gasteiger partial charge is 0.396 e. The van der Waals surface area contributed by atoms with Crippen LogP contribution in [0.4, 0.5) is 5.82 Å². The Balaban J connectivity index is 1.90. The van der Waals surface area contributed by atoms with Crippen molar-refractivity contribution in [1.29, 1.82) is 0 Å². The van der Waals surface area contributed by atoms with Gasteiger partial charge in [-0.3, -0.25) is 14.8 Å². The van der Waals surface area contributed by atoms with E-state index in [4.69, 9.17) is 21.7 Å². The molecule has 4 aromatic heterocycles. The molecule has 7 nitrogen and oxygen atoms in total. The first-order valence-corrected chi connectivity index (χ1v) is 9.91. The molecule has 1 amide bonds. The minimum atomic E-state index is -0.191. The van der Waals surface area contributed by atoms with Gasteiger partial charge < -0.3 is 15.4 Å². The van der Waals surface area contributed by atoms with Crippen molar-refractivity contribution in [3.05, 3.63) is 59.5 Å². The Morgan fingerprint density at radius 2 is 2.10 bits per heavy atom. The Morgan fingerprint density at radius 3 is 2.90 bits per heavy atom. The number of aromatic nitrogens is 4. The second kappa shape index (κ2) is 8.61. The van der Waals surface area contributed by atoms with Crippen molar-refractivity contribution < 1.29 is 9.90 Å². The molecule has 8 heteroatoms. The number of aliphatic hydroxyl groups excluding tert-OH is 1. The molecule has 0 saturated carbocycles. The first-order chi connectivity index (χ1) is 14.5. The van der Waals surface area contributed by atoms with Gasteiger partial charge >= 0.3 is 0 Å². The van der Waals surface area contributed by atoms with E-state index < -0.39 is 0 Å². The van der Waals surface area contributed by atoms with Crippen molar-refractivity contribution in [2.24, 2.45) is 0 Å². The molecule has 0 saturated heterocycles. The second-order valence-corrected chi connectivity index (χ2v) is 7.31. The summed E-state index contributed by atoms with van der Waals surface area (Å²) in [6.07, 6.45) is 4.58. The van der Waals surface area contributed by atoms with Crippen LogP contribution in [0.25, 0.3) is 33.5 Å². The average molecular weight is 422 g/mol. The maximum Gasteiger partial charge on any atom is 0.222 e. The summed E-state index contributed by atoms with van der Waals surface area (Å²) in [7, 11) is 0. The number of H-pyrrole nitrogens is 1. The summed E-state index contributed by atoms with van der Waals surface area (Å²) in [4.78, 5) is 28.4. The number of nitrogens with zero attached hydrogens (tertiary/aromatic N) is 3. The number of fused-ring (bicyclic) bond motifs is 1. The van der Waals surface area contributed by atoms with Gasteiger partial charge in [-0.15, -0.1) is 0 Å². The molecule has 0 unspecified atom stereocenters. The van der Waals surface area contributed by atoms with E-state index in [0.717, 1.165) is 39.2 Å². The summed E-state index contributed by atoms with van der Waals surface area (Å²) < 4.78 is 0. The summed E-state index contributed by atoms with van der Waals surface area (Å²) >= 11 is 6.16. The molecule has 0 atom stereocenters. The van der Waals surface area contributed by atoms with E-state index in [0.29, 0.717) is 23.7 Å². The van der Waals surface area contributed by atoms with Gasteiger partial charge in [0.15, 0.2) is 0 Å². The van der Waals surface area contributed by atoms with Gasteiger partial charge in [0.1, 0.15) is 5.82 Å². The lowest BCUT2D eigenvalue weighted by Gasteiger charge is -2.08. The van der Waals surface area contributed by atoms with Crippen LogP contribution in [0, 0.1) is 0 Å². The van der Waals surface area contributed by atoms with Crippen molar-refractivity contribution in [1.82, 2.24) is 19.9 Å². The van der Waals surface area contributed by atoms with Crippen LogP contribution in [-0.4, -0.2) is 37.6 Å². The van der Waals surface area contributed by atoms with Gasteiger partial charge in [0, 0.05) is 37.2 Å². The van der Waals surface area contributed by atoms with Gasteiger partial charge in [0.2, 0.25) is 5.91 Å². The van der Waals surface area contributed by atoms with Crippen LogP contribution in [0.3, 0.4) is 0 Å². The number of hydrogen-bond acceptors (Lipinski definition) is 5. The molecule has 4 rings (SSSR count). The number of aryl methyl sites for hydroxylation is 1. The van der Waals surface area contributed by atoms with E-state index in [-0.39, 0.29) is 12.5 Å². The SMILES string of the molecule is CC(=O)Nc1cc(-c2[nH]c3cc(Cl)cnc3c2-c2cccc(CCCO)n2)ccn1. The Morgan fingerprint density at radius 1 is 1.23 bits per heavy atom. The van der Waals surface area contributed by atoms with Gasteiger partial charge in [-0.1, -0.05) is 17.7 Å². The van der Waals surface area contributed by atoms with Crippen LogP contribution in [0.2, 0.25) is 5.02 Å². The smallest absolute Gasteiger partial charge is 0.222 e. The molecule has 0 aliphatic heterocycles. The molecule has 0 spiro atoms. The zero-order valence-corrected chi connectivity index (χ0v) is 17.1. The number of carbonyl (C=O) groups excluding carboxylic acids is 1. The van der Waals surface area contributed by atoms with Crippen LogP contribution in [0.5, 0.6) is 0 Å². The molecule has 0 aromatic carbocycles. The van der Waals surface area contributed by atoms with Crippen LogP contribution in [-0.2, 0) is 11.2 Å². The van der Waals surface area contributed by atoms with Gasteiger partial charge in [-0.05, 0) is 43.2 Å². The van der Waals surface area contributed by atoms with Gasteiger partial charge in [-0.2, -0.15) is 0 Å². The first kappa shape index (κ1) is 20.0. The minimum Gasteiger partial charge on any atom is -0.396 e. The normalized spacial score (nSPS) is 11.0. The zero-order chi connectivity index (χ0) is 21.1. The maximum atomic E-state index is 11.4. The van der Waals surface area contributed by atoms with E-state index in [2.05, 4.69) is 20.3 Å². The topological polar surface area (TPSA) is 104 Å². The number of nitrogens with one attached hydrogen (secondary N) is 2. The third kappa shape index (κ3) is 4.17. The highest BCUT2D eigenvalue weighted by Gasteiger charge is 2.18. The third-order valence-corrected chi connectivity index (χ3v) is 4.81. The lowest BCUT2D eigenvalue weighted by molar-refractivity contribution is -0.114. The molecule has 0 aliphatic rings. The molecule has 4 aromatic rings. The summed E-state index contributed by atoms with van der Waals surface area (Å²) in [5.74, 6) is 0.267. The highest BCUT2D eigenvalue weighted by atomic mass is 35.5. The predicted octanol–water partition coefficient (Wildman–Crippen LogP) is 4.22. The number of rotatable bonds is 6. The van der Waals surface area contributed by atoms with E-state index in [1.54, 1.807) is 18.5 Å². The van der Waals surface area contributed by atoms with E-state index >= 15 is 0 Å². The Bertz CT molecular complexity index is 1220. The van der Waals surface area contributed by atoms with Gasteiger partial charge in [-0.25, -0.2) is 4.98 Å². The molecule has 0 aliphatic carbocycles. The quantitative estimate of drug-likeness (QED) is 0.432. The molecule has 0 radical (unpaired) electrons. The Hall–Kier alpha value is -3.29. The van der Waals surface area contributed by atoms with Gasteiger partial charge in [0.05, 0.1) is 33.0 Å². The van der Waals surface area contributed by atoms with Crippen molar-refractivity contribution in [2.45, 2.75) is 19.8 Å². The van der Waals surface area contributed by atoms with Gasteiger partial charge in [0.25, 0.3) is 0 Å². The van der Waals surface area contributed by atoms with E-state index in [1.807, 2.05) is 30.3 Å². The lowest BCUT2D eigenvalue weighted by atomic mass is 10.0. The Kier molecular flexibility index (Phi) is 5.74. The monoisotopic (exact) mass is 421 g/mol. The third-order valence-electron chi connectivity index (χ3n) is 4.61. The second-order valence-electron chi connectivity index (χ2n) is 6.88. The molecule has 3 N–H and O–H groups in total. The number of amides is 1. The van der Waals surface area contributed by atoms with Crippen LogP contribution in [0.1, 0.15) is 19.0 Å². The molecule has 30 heavy (non-hydrogen) atoms. The summed E-state index contributed by atoms with van der Waals surface area (Å²) in [5, 5.41) is 12.4. The van der Waals surface area contributed by atoms with Crippen molar-refractivity contribution in [3.8, 4) is 22.5 Å². The highest BCUT2D eigenvalue weighted by molar-refractivity contribution is 6.31. The van der Waals surface area contributed by atoms with Crippen molar-refractivity contribution in [2.75, 3.05) is 11.9 Å². The summed E-state index contributed by atoms with van der Waals surface area (Å²) in [6, 6.07) is 11.3. The first-order valence-electron chi connectivity index (χ1n) is 9.53. The van der Waals surface area contributed by atoms with E-state index in [9.17, 15) is 4.79 Å². The summed E-state index contributed by atoms with van der Waals surface area (Å²) in [6.45, 7) is 1.56. The molecular weight excluding hydrogens is 402 g/mol.